The molecule has 2 rings (SSSR count). The Labute approximate surface area is 125 Å². The van der Waals surface area contributed by atoms with Crippen molar-refractivity contribution in [3.63, 3.8) is 0 Å². The van der Waals surface area contributed by atoms with Crippen molar-refractivity contribution < 1.29 is 4.74 Å². The highest BCUT2D eigenvalue weighted by atomic mass is 16.5. The fourth-order valence-corrected chi connectivity index (χ4v) is 3.38. The molecule has 3 nitrogen and oxygen atoms in total. The van der Waals surface area contributed by atoms with Crippen LogP contribution in [-0.2, 0) is 4.74 Å². The highest BCUT2D eigenvalue weighted by Crippen LogP contribution is 2.30. The van der Waals surface area contributed by atoms with Gasteiger partial charge in [0.25, 0.3) is 0 Å². The summed E-state index contributed by atoms with van der Waals surface area (Å²) in [7, 11) is 0. The van der Waals surface area contributed by atoms with Gasteiger partial charge in [0.2, 0.25) is 0 Å². The highest BCUT2D eigenvalue weighted by molar-refractivity contribution is 4.99. The predicted molar refractivity (Wildman–Crippen MR) is 85.1 cm³/mol. The van der Waals surface area contributed by atoms with E-state index >= 15 is 0 Å². The fraction of sp³-hybridized carbons (Fsp3) is 1.00. The summed E-state index contributed by atoms with van der Waals surface area (Å²) in [6, 6.07) is 0.575. The number of ether oxygens (including phenoxy) is 1. The summed E-state index contributed by atoms with van der Waals surface area (Å²) in [5, 5.41) is 3.79. The van der Waals surface area contributed by atoms with Crippen LogP contribution in [0.25, 0.3) is 0 Å². The molecule has 0 aliphatic carbocycles. The first-order valence-electron chi connectivity index (χ1n) is 8.45. The molecule has 0 radical (unpaired) electrons. The average Bonchev–Trinajstić information content (AvgIpc) is 2.41. The Kier molecular flexibility index (Phi) is 5.14. The molecule has 3 unspecified atom stereocenters. The molecule has 0 aromatic carbocycles. The highest BCUT2D eigenvalue weighted by Gasteiger charge is 2.40. The smallest absolute Gasteiger partial charge is 0.0702 e. The Morgan fingerprint density at radius 2 is 2.05 bits per heavy atom. The molecular weight excluding hydrogens is 248 g/mol. The van der Waals surface area contributed by atoms with E-state index in [2.05, 4.69) is 44.8 Å². The zero-order valence-electron chi connectivity index (χ0n) is 14.2. The molecule has 2 saturated heterocycles. The molecule has 1 N–H and O–H groups in total. The fourth-order valence-electron chi connectivity index (χ4n) is 3.38. The molecule has 3 atom stereocenters. The van der Waals surface area contributed by atoms with Crippen LogP contribution in [0.5, 0.6) is 0 Å². The molecule has 0 aromatic rings. The van der Waals surface area contributed by atoms with Gasteiger partial charge in [0.1, 0.15) is 0 Å². The van der Waals surface area contributed by atoms with Gasteiger partial charge in [-0.25, -0.2) is 0 Å². The molecule has 0 aromatic heterocycles. The van der Waals surface area contributed by atoms with Gasteiger partial charge < -0.3 is 10.1 Å². The van der Waals surface area contributed by atoms with E-state index in [1.165, 1.54) is 25.7 Å². The van der Waals surface area contributed by atoms with Crippen molar-refractivity contribution in [3.8, 4) is 0 Å². The van der Waals surface area contributed by atoms with E-state index in [-0.39, 0.29) is 5.54 Å². The third-order valence-electron chi connectivity index (χ3n) is 5.40. The molecule has 2 aliphatic heterocycles. The van der Waals surface area contributed by atoms with Crippen LogP contribution in [0.2, 0.25) is 0 Å². The standard InChI is InChI=1S/C17H34N2O/c1-6-17(5)13-18-15(16(2,3)4)12-19(17)11-14-9-7-8-10-20-14/h14-15,18H,6-13H2,1-5H3. The summed E-state index contributed by atoms with van der Waals surface area (Å²) in [6.07, 6.45) is 5.47. The summed E-state index contributed by atoms with van der Waals surface area (Å²) < 4.78 is 5.98. The van der Waals surface area contributed by atoms with Crippen LogP contribution in [0, 0.1) is 5.41 Å². The van der Waals surface area contributed by atoms with Gasteiger partial charge >= 0.3 is 0 Å². The molecule has 3 heteroatoms. The van der Waals surface area contributed by atoms with Gasteiger partial charge in [0.05, 0.1) is 6.10 Å². The number of nitrogens with one attached hydrogen (secondary N) is 1. The summed E-state index contributed by atoms with van der Waals surface area (Å²) in [5.41, 5.74) is 0.600. The van der Waals surface area contributed by atoms with Crippen molar-refractivity contribution in [2.24, 2.45) is 5.41 Å². The summed E-state index contributed by atoms with van der Waals surface area (Å²) in [6.45, 7) is 16.1. The van der Waals surface area contributed by atoms with E-state index in [0.717, 1.165) is 26.2 Å². The second-order valence-corrected chi connectivity index (χ2v) is 8.04. The lowest BCUT2D eigenvalue weighted by Crippen LogP contribution is -2.66. The summed E-state index contributed by atoms with van der Waals surface area (Å²) >= 11 is 0. The maximum absolute atomic E-state index is 5.98. The van der Waals surface area contributed by atoms with Gasteiger partial charge in [-0.15, -0.1) is 0 Å². The lowest BCUT2D eigenvalue weighted by atomic mass is 9.81. The molecule has 0 saturated carbocycles. The molecule has 20 heavy (non-hydrogen) atoms. The Balaban J connectivity index is 2.03. The van der Waals surface area contributed by atoms with E-state index in [1.54, 1.807) is 0 Å². The Bertz CT molecular complexity index is 307. The van der Waals surface area contributed by atoms with Gasteiger partial charge in [-0.3, -0.25) is 4.90 Å². The monoisotopic (exact) mass is 282 g/mol. The van der Waals surface area contributed by atoms with Crippen molar-refractivity contribution in [2.45, 2.75) is 78.0 Å². The number of rotatable bonds is 3. The minimum absolute atomic E-state index is 0.280. The van der Waals surface area contributed by atoms with E-state index in [9.17, 15) is 0 Å². The molecular formula is C17H34N2O. The average molecular weight is 282 g/mol. The molecule has 0 spiro atoms. The van der Waals surface area contributed by atoms with Crippen molar-refractivity contribution in [1.29, 1.82) is 0 Å². The van der Waals surface area contributed by atoms with E-state index in [4.69, 9.17) is 4.74 Å². The van der Waals surface area contributed by atoms with Gasteiger partial charge in [-0.2, -0.15) is 0 Å². The zero-order chi connectivity index (χ0) is 14.8. The third kappa shape index (κ3) is 3.75. The summed E-state index contributed by atoms with van der Waals surface area (Å²) in [4.78, 5) is 2.70. The first-order valence-corrected chi connectivity index (χ1v) is 8.45. The predicted octanol–water partition coefficient (Wildman–Crippen LogP) is 3.04. The van der Waals surface area contributed by atoms with Gasteiger partial charge in [-0.05, 0) is 38.0 Å². The van der Waals surface area contributed by atoms with Crippen LogP contribution in [0.4, 0.5) is 0 Å². The van der Waals surface area contributed by atoms with E-state index in [1.807, 2.05) is 0 Å². The maximum Gasteiger partial charge on any atom is 0.0702 e. The van der Waals surface area contributed by atoms with Crippen LogP contribution < -0.4 is 5.32 Å². The Morgan fingerprint density at radius 3 is 2.60 bits per heavy atom. The minimum Gasteiger partial charge on any atom is -0.377 e. The Morgan fingerprint density at radius 1 is 1.30 bits per heavy atom. The van der Waals surface area contributed by atoms with Gasteiger partial charge in [0.15, 0.2) is 0 Å². The molecule has 2 aliphatic rings. The van der Waals surface area contributed by atoms with E-state index < -0.39 is 0 Å². The molecule has 2 fully saturated rings. The molecule has 118 valence electrons. The minimum atomic E-state index is 0.280. The van der Waals surface area contributed by atoms with Crippen molar-refractivity contribution >= 4 is 0 Å². The van der Waals surface area contributed by atoms with Gasteiger partial charge in [0, 0.05) is 37.8 Å². The quantitative estimate of drug-likeness (QED) is 0.861. The SMILES string of the molecule is CCC1(C)CNC(C(C)(C)C)CN1CC1CCCCO1. The van der Waals surface area contributed by atoms with Crippen LogP contribution in [-0.4, -0.2) is 48.8 Å². The Hall–Kier alpha value is -0.120. The number of nitrogens with zero attached hydrogens (tertiary/aromatic N) is 1. The lowest BCUT2D eigenvalue weighted by Gasteiger charge is -2.52. The van der Waals surface area contributed by atoms with E-state index in [0.29, 0.717) is 17.6 Å². The normalized spacial score (nSPS) is 37.0. The second-order valence-electron chi connectivity index (χ2n) is 8.04. The topological polar surface area (TPSA) is 24.5 Å². The van der Waals surface area contributed by atoms with Gasteiger partial charge in [-0.1, -0.05) is 27.7 Å². The lowest BCUT2D eigenvalue weighted by molar-refractivity contribution is -0.0504. The number of piperazine rings is 1. The molecule has 0 amide bonds. The van der Waals surface area contributed by atoms with Crippen LogP contribution in [0.3, 0.4) is 0 Å². The molecule has 0 bridgehead atoms. The number of hydrogen-bond donors (Lipinski definition) is 1. The largest absolute Gasteiger partial charge is 0.377 e. The summed E-state index contributed by atoms with van der Waals surface area (Å²) in [5.74, 6) is 0. The first kappa shape index (κ1) is 16.3. The first-order chi connectivity index (χ1) is 9.35. The maximum atomic E-state index is 5.98. The molecule has 2 heterocycles. The van der Waals surface area contributed by atoms with Crippen LogP contribution in [0.1, 0.15) is 60.3 Å². The third-order valence-corrected chi connectivity index (χ3v) is 5.40. The van der Waals surface area contributed by atoms with Crippen molar-refractivity contribution in [3.05, 3.63) is 0 Å². The zero-order valence-corrected chi connectivity index (χ0v) is 14.2. The number of hydrogen-bond acceptors (Lipinski definition) is 3. The van der Waals surface area contributed by atoms with Crippen LogP contribution >= 0.6 is 0 Å². The van der Waals surface area contributed by atoms with Crippen molar-refractivity contribution in [1.82, 2.24) is 10.2 Å². The second kappa shape index (κ2) is 6.33. The van der Waals surface area contributed by atoms with Crippen LogP contribution in [0.15, 0.2) is 0 Å². The van der Waals surface area contributed by atoms with Crippen molar-refractivity contribution in [2.75, 3.05) is 26.2 Å².